The Morgan fingerprint density at radius 2 is 2.00 bits per heavy atom. The van der Waals surface area contributed by atoms with Gasteiger partial charge in [0.25, 0.3) is 0 Å². The second-order valence-corrected chi connectivity index (χ2v) is 3.09. The fourth-order valence-electron chi connectivity index (χ4n) is 0.835. The minimum Gasteiger partial charge on any atom is -0.493 e. The Hall–Kier alpha value is -0.840. The summed E-state index contributed by atoms with van der Waals surface area (Å²) in [5.41, 5.74) is 0. The molecular formula is C8H7BrF2O2. The zero-order valence-electron chi connectivity index (χ0n) is 6.76. The van der Waals surface area contributed by atoms with E-state index in [9.17, 15) is 8.78 Å². The molecule has 0 aliphatic rings. The summed E-state index contributed by atoms with van der Waals surface area (Å²) in [6.45, 7) is -2.84. The van der Waals surface area contributed by atoms with Crippen LogP contribution >= 0.6 is 15.9 Å². The average molecular weight is 253 g/mol. The SMILES string of the molecule is COc1cc(Br)ccc1OC(F)F. The third-order valence-corrected chi connectivity index (χ3v) is 1.83. The Bertz CT molecular complexity index is 291. The van der Waals surface area contributed by atoms with E-state index in [2.05, 4.69) is 20.7 Å². The van der Waals surface area contributed by atoms with Crippen molar-refractivity contribution in [2.45, 2.75) is 6.61 Å². The van der Waals surface area contributed by atoms with Crippen LogP contribution in [0.25, 0.3) is 0 Å². The number of methoxy groups -OCH3 is 1. The summed E-state index contributed by atoms with van der Waals surface area (Å²) in [4.78, 5) is 0. The maximum Gasteiger partial charge on any atom is 0.387 e. The molecule has 0 aliphatic heterocycles. The van der Waals surface area contributed by atoms with E-state index in [-0.39, 0.29) is 11.5 Å². The minimum atomic E-state index is -2.84. The zero-order valence-corrected chi connectivity index (χ0v) is 8.35. The van der Waals surface area contributed by atoms with Crippen molar-refractivity contribution in [2.75, 3.05) is 7.11 Å². The van der Waals surface area contributed by atoms with Gasteiger partial charge < -0.3 is 9.47 Å². The molecule has 1 rings (SSSR count). The van der Waals surface area contributed by atoms with Gasteiger partial charge in [0, 0.05) is 4.47 Å². The van der Waals surface area contributed by atoms with Gasteiger partial charge in [-0.25, -0.2) is 0 Å². The van der Waals surface area contributed by atoms with E-state index in [4.69, 9.17) is 4.74 Å². The Morgan fingerprint density at radius 1 is 1.31 bits per heavy atom. The van der Waals surface area contributed by atoms with Crippen LogP contribution in [-0.2, 0) is 0 Å². The van der Waals surface area contributed by atoms with Gasteiger partial charge in [-0.3, -0.25) is 0 Å². The van der Waals surface area contributed by atoms with Crippen LogP contribution in [0.3, 0.4) is 0 Å². The maximum atomic E-state index is 11.8. The zero-order chi connectivity index (χ0) is 9.84. The molecule has 2 nitrogen and oxygen atoms in total. The molecule has 0 N–H and O–H groups in total. The summed E-state index contributed by atoms with van der Waals surface area (Å²) in [5.74, 6) is 0.301. The van der Waals surface area contributed by atoms with Gasteiger partial charge in [0.2, 0.25) is 0 Å². The standard InChI is InChI=1S/C8H7BrF2O2/c1-12-7-4-5(9)2-3-6(7)13-8(10)11/h2-4,8H,1H3. The third-order valence-electron chi connectivity index (χ3n) is 1.34. The van der Waals surface area contributed by atoms with E-state index in [1.54, 1.807) is 12.1 Å². The van der Waals surface area contributed by atoms with Gasteiger partial charge in [-0.2, -0.15) is 8.78 Å². The summed E-state index contributed by atoms with van der Waals surface area (Å²) >= 11 is 3.18. The summed E-state index contributed by atoms with van der Waals surface area (Å²) < 4.78 is 33.5. The lowest BCUT2D eigenvalue weighted by Gasteiger charge is -2.09. The number of ether oxygens (including phenoxy) is 2. The van der Waals surface area contributed by atoms with Crippen LogP contribution in [0.4, 0.5) is 8.78 Å². The van der Waals surface area contributed by atoms with Crippen molar-refractivity contribution < 1.29 is 18.3 Å². The highest BCUT2D eigenvalue weighted by molar-refractivity contribution is 9.10. The molecule has 0 saturated carbocycles. The van der Waals surface area contributed by atoms with Crippen molar-refractivity contribution in [3.63, 3.8) is 0 Å². The van der Waals surface area contributed by atoms with E-state index in [0.29, 0.717) is 0 Å². The van der Waals surface area contributed by atoms with Gasteiger partial charge in [0.15, 0.2) is 11.5 Å². The second kappa shape index (κ2) is 4.41. The number of hydrogen-bond acceptors (Lipinski definition) is 2. The van der Waals surface area contributed by atoms with Crippen LogP contribution in [0.1, 0.15) is 0 Å². The molecule has 1 aromatic carbocycles. The topological polar surface area (TPSA) is 18.5 Å². The molecule has 1 aromatic rings. The van der Waals surface area contributed by atoms with Gasteiger partial charge in [-0.05, 0) is 18.2 Å². The normalized spacial score (nSPS) is 10.2. The van der Waals surface area contributed by atoms with Crippen molar-refractivity contribution >= 4 is 15.9 Å². The van der Waals surface area contributed by atoms with Crippen LogP contribution in [-0.4, -0.2) is 13.7 Å². The lowest BCUT2D eigenvalue weighted by Crippen LogP contribution is -2.03. The quantitative estimate of drug-likeness (QED) is 0.824. The summed E-state index contributed by atoms with van der Waals surface area (Å²) in [6.07, 6.45) is 0. The first-order valence-electron chi connectivity index (χ1n) is 3.42. The molecular weight excluding hydrogens is 246 g/mol. The predicted molar refractivity (Wildman–Crippen MR) is 47.3 cm³/mol. The first-order valence-corrected chi connectivity index (χ1v) is 4.21. The van der Waals surface area contributed by atoms with Crippen molar-refractivity contribution in [3.8, 4) is 11.5 Å². The molecule has 0 heterocycles. The van der Waals surface area contributed by atoms with Crippen LogP contribution in [0.2, 0.25) is 0 Å². The number of rotatable bonds is 3. The van der Waals surface area contributed by atoms with Gasteiger partial charge in [0.1, 0.15) is 0 Å². The molecule has 0 amide bonds. The van der Waals surface area contributed by atoms with Crippen LogP contribution < -0.4 is 9.47 Å². The molecule has 0 fully saturated rings. The molecule has 13 heavy (non-hydrogen) atoms. The van der Waals surface area contributed by atoms with E-state index < -0.39 is 6.61 Å². The van der Waals surface area contributed by atoms with E-state index in [0.717, 1.165) is 4.47 Å². The highest BCUT2D eigenvalue weighted by Gasteiger charge is 2.09. The molecule has 72 valence electrons. The number of alkyl halides is 2. The first kappa shape index (κ1) is 10.2. The Balaban J connectivity index is 2.92. The van der Waals surface area contributed by atoms with E-state index in [1.165, 1.54) is 13.2 Å². The molecule has 5 heteroatoms. The summed E-state index contributed by atoms with van der Waals surface area (Å²) in [5, 5.41) is 0. The maximum absolute atomic E-state index is 11.8. The molecule has 0 atom stereocenters. The molecule has 0 saturated heterocycles. The van der Waals surface area contributed by atoms with Gasteiger partial charge in [-0.1, -0.05) is 15.9 Å². The Kier molecular flexibility index (Phi) is 3.48. The Labute approximate surface area is 82.6 Å². The van der Waals surface area contributed by atoms with Crippen molar-refractivity contribution in [1.82, 2.24) is 0 Å². The number of benzene rings is 1. The lowest BCUT2D eigenvalue weighted by molar-refractivity contribution is -0.0512. The number of hydrogen-bond donors (Lipinski definition) is 0. The highest BCUT2D eigenvalue weighted by Crippen LogP contribution is 2.31. The summed E-state index contributed by atoms with van der Waals surface area (Å²) in [6, 6.07) is 4.56. The van der Waals surface area contributed by atoms with E-state index >= 15 is 0 Å². The fraction of sp³-hybridized carbons (Fsp3) is 0.250. The van der Waals surface area contributed by atoms with Gasteiger partial charge in [0.05, 0.1) is 7.11 Å². The van der Waals surface area contributed by atoms with Crippen LogP contribution in [0.5, 0.6) is 11.5 Å². The van der Waals surface area contributed by atoms with Crippen LogP contribution in [0.15, 0.2) is 22.7 Å². The van der Waals surface area contributed by atoms with E-state index in [1.807, 2.05) is 0 Å². The smallest absolute Gasteiger partial charge is 0.387 e. The predicted octanol–water partition coefficient (Wildman–Crippen LogP) is 3.06. The monoisotopic (exact) mass is 252 g/mol. The molecule has 0 aromatic heterocycles. The summed E-state index contributed by atoms with van der Waals surface area (Å²) in [7, 11) is 1.39. The molecule has 0 unspecified atom stereocenters. The first-order chi connectivity index (χ1) is 6.13. The molecule has 0 radical (unpaired) electrons. The third kappa shape index (κ3) is 2.84. The van der Waals surface area contributed by atoms with Gasteiger partial charge in [-0.15, -0.1) is 0 Å². The molecule has 0 spiro atoms. The van der Waals surface area contributed by atoms with Gasteiger partial charge >= 0.3 is 6.61 Å². The average Bonchev–Trinajstić information content (AvgIpc) is 2.07. The Morgan fingerprint density at radius 3 is 2.54 bits per heavy atom. The highest BCUT2D eigenvalue weighted by atomic mass is 79.9. The largest absolute Gasteiger partial charge is 0.493 e. The van der Waals surface area contributed by atoms with Crippen LogP contribution in [0, 0.1) is 0 Å². The second-order valence-electron chi connectivity index (χ2n) is 2.17. The fourth-order valence-corrected chi connectivity index (χ4v) is 1.17. The number of halogens is 3. The lowest BCUT2D eigenvalue weighted by atomic mass is 10.3. The molecule has 0 aliphatic carbocycles. The molecule has 0 bridgehead atoms. The minimum absolute atomic E-state index is 0.0284. The van der Waals surface area contributed by atoms with Crippen molar-refractivity contribution in [2.24, 2.45) is 0 Å². The van der Waals surface area contributed by atoms with Crippen molar-refractivity contribution in [1.29, 1.82) is 0 Å². The van der Waals surface area contributed by atoms with Crippen molar-refractivity contribution in [3.05, 3.63) is 22.7 Å².